The number of hydrogen-bond donors (Lipinski definition) is 1. The van der Waals surface area contributed by atoms with Gasteiger partial charge in [-0.05, 0) is 37.3 Å². The lowest BCUT2D eigenvalue weighted by molar-refractivity contribution is 0.102. The maximum absolute atomic E-state index is 12.9. The largest absolute Gasteiger partial charge is 0.287 e. The Morgan fingerprint density at radius 1 is 0.719 bits per heavy atom. The zero-order chi connectivity index (χ0) is 22.9. The van der Waals surface area contributed by atoms with E-state index in [0.717, 1.165) is 11.6 Å². The van der Waals surface area contributed by atoms with Crippen LogP contribution in [0.3, 0.4) is 0 Å². The maximum atomic E-state index is 12.9. The first kappa shape index (κ1) is 21.7. The molecule has 0 saturated heterocycles. The molecular formula is C23H18N2O5S2. The molecule has 32 heavy (non-hydrogen) atoms. The molecule has 0 fully saturated rings. The second kappa shape index (κ2) is 8.18. The predicted molar refractivity (Wildman–Crippen MR) is 121 cm³/mol. The highest BCUT2D eigenvalue weighted by Crippen LogP contribution is 2.24. The lowest BCUT2D eigenvalue weighted by atomic mass is 9.93. The second-order valence-corrected chi connectivity index (χ2v) is 10.4. The van der Waals surface area contributed by atoms with E-state index in [1.807, 2.05) is 6.92 Å². The van der Waals surface area contributed by atoms with Gasteiger partial charge in [0.25, 0.3) is 20.0 Å². The molecule has 1 aliphatic carbocycles. The number of fused-ring (bicyclic) bond motifs is 1. The van der Waals surface area contributed by atoms with Crippen molar-refractivity contribution in [2.75, 3.05) is 0 Å². The lowest BCUT2D eigenvalue weighted by Crippen LogP contribution is -2.31. The number of Topliss-reactive ketones (excluding diaryl/α,β-unsaturated/α-hetero) is 1. The molecule has 7 nitrogen and oxygen atoms in total. The van der Waals surface area contributed by atoms with Gasteiger partial charge in [-0.3, -0.25) is 9.52 Å². The van der Waals surface area contributed by atoms with Crippen LogP contribution in [0.4, 0.5) is 0 Å². The molecule has 0 atom stereocenters. The summed E-state index contributed by atoms with van der Waals surface area (Å²) in [5.41, 5.74) is 1.02. The summed E-state index contributed by atoms with van der Waals surface area (Å²) < 4.78 is 57.4. The number of ketones is 1. The summed E-state index contributed by atoms with van der Waals surface area (Å²) in [5.74, 6) is -0.577. The Balaban J connectivity index is 1.82. The minimum atomic E-state index is -4.10. The molecule has 0 radical (unpaired) electrons. The summed E-state index contributed by atoms with van der Waals surface area (Å²) in [4.78, 5) is 12.9. The second-order valence-electron chi connectivity index (χ2n) is 7.12. The SMILES string of the molecule is Cc1ccc(S(=O)(=O)/N=C2\C=C(NS(=O)(=O)c3ccccc3)C(=O)c3ccccc32)cc1. The van der Waals surface area contributed by atoms with Crippen LogP contribution < -0.4 is 4.72 Å². The highest BCUT2D eigenvalue weighted by atomic mass is 32.2. The van der Waals surface area contributed by atoms with Gasteiger partial charge in [-0.15, -0.1) is 0 Å². The molecule has 4 rings (SSSR count). The minimum Gasteiger partial charge on any atom is -0.287 e. The summed E-state index contributed by atoms with van der Waals surface area (Å²) in [5, 5.41) is 0. The Hall–Kier alpha value is -3.56. The number of sulfonamides is 2. The van der Waals surface area contributed by atoms with Crippen molar-refractivity contribution < 1.29 is 21.6 Å². The number of benzene rings is 3. The molecule has 0 aliphatic heterocycles. The van der Waals surface area contributed by atoms with E-state index in [4.69, 9.17) is 0 Å². The van der Waals surface area contributed by atoms with Crippen LogP contribution in [0.25, 0.3) is 0 Å². The van der Waals surface area contributed by atoms with Crippen molar-refractivity contribution in [3.63, 3.8) is 0 Å². The lowest BCUT2D eigenvalue weighted by Gasteiger charge is -2.18. The number of nitrogens with one attached hydrogen (secondary N) is 1. The number of carbonyl (C=O) groups excluding carboxylic acids is 1. The van der Waals surface area contributed by atoms with Crippen LogP contribution in [0, 0.1) is 6.92 Å². The maximum Gasteiger partial charge on any atom is 0.282 e. The Kier molecular flexibility index (Phi) is 5.53. The average molecular weight is 467 g/mol. The number of aryl methyl sites for hydroxylation is 1. The van der Waals surface area contributed by atoms with E-state index >= 15 is 0 Å². The zero-order valence-corrected chi connectivity index (χ0v) is 18.5. The highest BCUT2D eigenvalue weighted by Gasteiger charge is 2.29. The van der Waals surface area contributed by atoms with Gasteiger partial charge in [0.15, 0.2) is 0 Å². The molecule has 0 amide bonds. The van der Waals surface area contributed by atoms with Crippen molar-refractivity contribution in [3.05, 3.63) is 107 Å². The van der Waals surface area contributed by atoms with Gasteiger partial charge in [0.05, 0.1) is 21.2 Å². The van der Waals surface area contributed by atoms with E-state index in [0.29, 0.717) is 5.56 Å². The van der Waals surface area contributed by atoms with E-state index in [1.54, 1.807) is 48.5 Å². The molecule has 0 heterocycles. The zero-order valence-electron chi connectivity index (χ0n) is 16.9. The normalized spacial score (nSPS) is 15.2. The number of carbonyl (C=O) groups is 1. The topological polar surface area (TPSA) is 110 Å². The molecule has 0 spiro atoms. The van der Waals surface area contributed by atoms with Gasteiger partial charge in [-0.25, -0.2) is 8.42 Å². The number of nitrogens with zero attached hydrogens (tertiary/aromatic N) is 1. The third-order valence-corrected chi connectivity index (χ3v) is 7.49. The fraction of sp³-hybridized carbons (Fsp3) is 0.0435. The molecule has 0 bridgehead atoms. The fourth-order valence-electron chi connectivity index (χ4n) is 3.18. The van der Waals surface area contributed by atoms with Crippen molar-refractivity contribution in [2.24, 2.45) is 4.40 Å². The molecular weight excluding hydrogens is 448 g/mol. The van der Waals surface area contributed by atoms with Crippen molar-refractivity contribution in [1.29, 1.82) is 0 Å². The first-order valence-corrected chi connectivity index (χ1v) is 12.4. The van der Waals surface area contributed by atoms with Gasteiger partial charge in [-0.2, -0.15) is 12.8 Å². The van der Waals surface area contributed by atoms with Crippen molar-refractivity contribution >= 4 is 31.5 Å². The number of hydrogen-bond acceptors (Lipinski definition) is 5. The molecule has 3 aromatic rings. The van der Waals surface area contributed by atoms with Crippen molar-refractivity contribution in [1.82, 2.24) is 4.72 Å². The molecule has 0 saturated carbocycles. The van der Waals surface area contributed by atoms with E-state index in [-0.39, 0.29) is 26.8 Å². The summed E-state index contributed by atoms with van der Waals surface area (Å²) in [6.45, 7) is 1.83. The van der Waals surface area contributed by atoms with Gasteiger partial charge in [0, 0.05) is 11.1 Å². The van der Waals surface area contributed by atoms with Crippen molar-refractivity contribution in [2.45, 2.75) is 16.7 Å². The summed E-state index contributed by atoms with van der Waals surface area (Å²) in [6.07, 6.45) is 1.15. The highest BCUT2D eigenvalue weighted by molar-refractivity contribution is 7.90. The summed E-state index contributed by atoms with van der Waals surface area (Å²) in [6, 6.07) is 20.1. The quantitative estimate of drug-likeness (QED) is 0.621. The van der Waals surface area contributed by atoms with E-state index in [2.05, 4.69) is 9.12 Å². The Morgan fingerprint density at radius 2 is 1.31 bits per heavy atom. The Bertz CT molecular complexity index is 1470. The predicted octanol–water partition coefficient (Wildman–Crippen LogP) is 3.23. The minimum absolute atomic E-state index is 0.00945. The summed E-state index contributed by atoms with van der Waals surface area (Å²) in [7, 11) is -8.16. The third kappa shape index (κ3) is 4.25. The van der Waals surface area contributed by atoms with Crippen LogP contribution in [0.2, 0.25) is 0 Å². The van der Waals surface area contributed by atoms with Crippen LogP contribution in [0.1, 0.15) is 21.5 Å². The van der Waals surface area contributed by atoms with Gasteiger partial charge < -0.3 is 0 Å². The van der Waals surface area contributed by atoms with Crippen LogP contribution >= 0.6 is 0 Å². The van der Waals surface area contributed by atoms with Crippen molar-refractivity contribution in [3.8, 4) is 0 Å². The summed E-state index contributed by atoms with van der Waals surface area (Å²) >= 11 is 0. The number of rotatable bonds is 5. The first-order valence-electron chi connectivity index (χ1n) is 9.53. The van der Waals surface area contributed by atoms with E-state index in [9.17, 15) is 21.6 Å². The van der Waals surface area contributed by atoms with E-state index in [1.165, 1.54) is 30.3 Å². The molecule has 1 N–H and O–H groups in total. The smallest absolute Gasteiger partial charge is 0.282 e. The van der Waals surface area contributed by atoms with Gasteiger partial charge in [-0.1, -0.05) is 60.2 Å². The van der Waals surface area contributed by atoms with Crippen LogP contribution in [0.15, 0.2) is 105 Å². The van der Waals surface area contributed by atoms with Crippen LogP contribution in [-0.2, 0) is 20.0 Å². The van der Waals surface area contributed by atoms with Crippen LogP contribution in [-0.4, -0.2) is 28.3 Å². The fourth-order valence-corrected chi connectivity index (χ4v) is 5.25. The standard InChI is InChI=1S/C23H18N2O5S2/c1-16-11-13-18(14-12-16)32(29,30)24-21-15-22(23(26)20-10-6-5-9-19(20)21)25-31(27,28)17-7-3-2-4-8-17/h2-15,25H,1H3/b24-21+. The molecule has 162 valence electrons. The number of allylic oxidation sites excluding steroid dienone is 2. The average Bonchev–Trinajstić information content (AvgIpc) is 2.77. The molecule has 1 aliphatic rings. The van der Waals surface area contributed by atoms with Gasteiger partial charge in [0.1, 0.15) is 0 Å². The third-order valence-electron chi connectivity index (χ3n) is 4.81. The molecule has 9 heteroatoms. The van der Waals surface area contributed by atoms with Gasteiger partial charge >= 0.3 is 0 Å². The van der Waals surface area contributed by atoms with Gasteiger partial charge in [0.2, 0.25) is 5.78 Å². The Morgan fingerprint density at radius 3 is 1.97 bits per heavy atom. The molecule has 0 unspecified atom stereocenters. The Labute approximate surface area is 186 Å². The monoisotopic (exact) mass is 466 g/mol. The first-order chi connectivity index (χ1) is 15.2. The molecule has 0 aromatic heterocycles. The molecule has 3 aromatic carbocycles. The van der Waals surface area contributed by atoms with E-state index < -0.39 is 25.8 Å². The van der Waals surface area contributed by atoms with Crippen LogP contribution in [0.5, 0.6) is 0 Å².